The van der Waals surface area contributed by atoms with E-state index >= 15 is 0 Å². The number of carbonyl (C=O) groups excluding carboxylic acids is 2. The standard InChI is InChI=1S/C20H30F3N3O4/c1-14(12-29-13-20(21,22)23)24-17(27)16-6-5-9-26(16)15-7-10-25(11-8-15)18(28)30-19(2,3)4/h5-6,9,14-15H,7-8,10-13H2,1-4H3,(H,24,27). The van der Waals surface area contributed by atoms with E-state index in [-0.39, 0.29) is 24.6 Å². The molecule has 1 unspecified atom stereocenters. The fourth-order valence-corrected chi connectivity index (χ4v) is 3.25. The summed E-state index contributed by atoms with van der Waals surface area (Å²) in [6.07, 6.45) is -1.61. The number of piperidine rings is 1. The van der Waals surface area contributed by atoms with Crippen molar-refractivity contribution >= 4 is 12.0 Å². The summed E-state index contributed by atoms with van der Waals surface area (Å²) in [5.41, 5.74) is -0.131. The van der Waals surface area contributed by atoms with Crippen molar-refractivity contribution in [3.8, 4) is 0 Å². The van der Waals surface area contributed by atoms with Crippen molar-refractivity contribution < 1.29 is 32.2 Å². The Labute approximate surface area is 174 Å². The maximum atomic E-state index is 12.6. The Bertz CT molecular complexity index is 720. The predicted octanol–water partition coefficient (Wildman–Crippen LogP) is 3.76. The molecule has 30 heavy (non-hydrogen) atoms. The third kappa shape index (κ3) is 7.55. The minimum atomic E-state index is -4.40. The molecule has 0 spiro atoms. The molecule has 1 fully saturated rings. The van der Waals surface area contributed by atoms with Crippen LogP contribution >= 0.6 is 0 Å². The van der Waals surface area contributed by atoms with Gasteiger partial charge in [0.2, 0.25) is 0 Å². The molecule has 170 valence electrons. The van der Waals surface area contributed by atoms with Gasteiger partial charge in [0.1, 0.15) is 17.9 Å². The highest BCUT2D eigenvalue weighted by molar-refractivity contribution is 5.93. The molecule has 2 heterocycles. The van der Waals surface area contributed by atoms with Crippen molar-refractivity contribution in [2.24, 2.45) is 0 Å². The van der Waals surface area contributed by atoms with Crippen LogP contribution in [0.4, 0.5) is 18.0 Å². The number of carbonyl (C=O) groups is 2. The summed E-state index contributed by atoms with van der Waals surface area (Å²) in [5.74, 6) is -0.377. The molecule has 1 aliphatic rings. The number of nitrogens with zero attached hydrogens (tertiary/aromatic N) is 2. The SMILES string of the molecule is CC(COCC(F)(F)F)NC(=O)c1cccn1C1CCN(C(=O)OC(C)(C)C)CC1. The van der Waals surface area contributed by atoms with E-state index in [1.807, 2.05) is 25.3 Å². The van der Waals surface area contributed by atoms with Gasteiger partial charge in [-0.05, 0) is 52.7 Å². The number of hydrogen-bond donors (Lipinski definition) is 1. The first-order chi connectivity index (χ1) is 13.9. The molecular formula is C20H30F3N3O4. The van der Waals surface area contributed by atoms with E-state index in [2.05, 4.69) is 10.1 Å². The third-order valence-electron chi connectivity index (χ3n) is 4.53. The molecule has 0 saturated carbocycles. The van der Waals surface area contributed by atoms with Gasteiger partial charge < -0.3 is 24.3 Å². The highest BCUT2D eigenvalue weighted by Gasteiger charge is 2.30. The maximum Gasteiger partial charge on any atom is 0.411 e. The quantitative estimate of drug-likeness (QED) is 0.742. The van der Waals surface area contributed by atoms with Gasteiger partial charge in [-0.25, -0.2) is 4.79 Å². The van der Waals surface area contributed by atoms with Crippen molar-refractivity contribution in [3.05, 3.63) is 24.0 Å². The summed E-state index contributed by atoms with van der Waals surface area (Å²) >= 11 is 0. The lowest BCUT2D eigenvalue weighted by Crippen LogP contribution is -2.42. The molecule has 0 aromatic carbocycles. The second-order valence-electron chi connectivity index (χ2n) is 8.50. The molecular weight excluding hydrogens is 403 g/mol. The van der Waals surface area contributed by atoms with Gasteiger partial charge in [-0.15, -0.1) is 0 Å². The molecule has 0 aliphatic carbocycles. The number of likely N-dealkylation sites (tertiary alicyclic amines) is 1. The highest BCUT2D eigenvalue weighted by atomic mass is 19.4. The van der Waals surface area contributed by atoms with Gasteiger partial charge in [0.25, 0.3) is 5.91 Å². The molecule has 7 nitrogen and oxygen atoms in total. The van der Waals surface area contributed by atoms with Gasteiger partial charge in [-0.1, -0.05) is 0 Å². The molecule has 1 atom stereocenters. The molecule has 2 amide bonds. The Morgan fingerprint density at radius 2 is 1.87 bits per heavy atom. The largest absolute Gasteiger partial charge is 0.444 e. The highest BCUT2D eigenvalue weighted by Crippen LogP contribution is 2.26. The van der Waals surface area contributed by atoms with Gasteiger partial charge in [-0.3, -0.25) is 4.79 Å². The first-order valence-corrected chi connectivity index (χ1v) is 9.96. The summed E-state index contributed by atoms with van der Waals surface area (Å²) in [6.45, 7) is 6.48. The number of nitrogens with one attached hydrogen (secondary N) is 1. The topological polar surface area (TPSA) is 72.8 Å². The monoisotopic (exact) mass is 433 g/mol. The van der Waals surface area contributed by atoms with Crippen LogP contribution in [0.3, 0.4) is 0 Å². The van der Waals surface area contributed by atoms with Gasteiger partial charge in [0.05, 0.1) is 6.61 Å². The molecule has 0 bridgehead atoms. The van der Waals surface area contributed by atoms with E-state index < -0.39 is 24.4 Å². The summed E-state index contributed by atoms with van der Waals surface area (Å²) < 4.78 is 48.3. The molecule has 1 aromatic heterocycles. The fourth-order valence-electron chi connectivity index (χ4n) is 3.25. The lowest BCUT2D eigenvalue weighted by molar-refractivity contribution is -0.174. The van der Waals surface area contributed by atoms with E-state index in [1.165, 1.54) is 0 Å². The normalized spacial score (nSPS) is 17.0. The second-order valence-corrected chi connectivity index (χ2v) is 8.50. The smallest absolute Gasteiger partial charge is 0.411 e. The Morgan fingerprint density at radius 1 is 1.23 bits per heavy atom. The number of ether oxygens (including phenoxy) is 2. The minimum Gasteiger partial charge on any atom is -0.444 e. The van der Waals surface area contributed by atoms with E-state index in [1.54, 1.807) is 30.2 Å². The van der Waals surface area contributed by atoms with Crippen LogP contribution in [0.5, 0.6) is 0 Å². The van der Waals surface area contributed by atoms with Crippen LogP contribution in [0.15, 0.2) is 18.3 Å². The van der Waals surface area contributed by atoms with Gasteiger partial charge in [0, 0.05) is 31.4 Å². The number of amides is 2. The lowest BCUT2D eigenvalue weighted by Gasteiger charge is -2.34. The molecule has 2 rings (SSSR count). The van der Waals surface area contributed by atoms with Gasteiger partial charge in [-0.2, -0.15) is 13.2 Å². The van der Waals surface area contributed by atoms with Crippen molar-refractivity contribution in [1.82, 2.24) is 14.8 Å². The molecule has 1 N–H and O–H groups in total. The molecule has 10 heteroatoms. The number of aromatic nitrogens is 1. The average Bonchev–Trinajstić information content (AvgIpc) is 3.09. The zero-order chi connectivity index (χ0) is 22.5. The zero-order valence-corrected chi connectivity index (χ0v) is 17.8. The summed E-state index contributed by atoms with van der Waals surface area (Å²) in [4.78, 5) is 26.4. The zero-order valence-electron chi connectivity index (χ0n) is 17.8. The first kappa shape index (κ1) is 24.0. The summed E-state index contributed by atoms with van der Waals surface area (Å²) in [7, 11) is 0. The molecule has 1 aromatic rings. The summed E-state index contributed by atoms with van der Waals surface area (Å²) in [6, 6.07) is 2.88. The Kier molecular flexibility index (Phi) is 7.79. The maximum absolute atomic E-state index is 12.6. The third-order valence-corrected chi connectivity index (χ3v) is 4.53. The van der Waals surface area contributed by atoms with E-state index in [0.717, 1.165) is 0 Å². The van der Waals surface area contributed by atoms with Crippen LogP contribution in [0.2, 0.25) is 0 Å². The number of rotatable bonds is 6. The van der Waals surface area contributed by atoms with E-state index in [0.29, 0.717) is 31.6 Å². The fraction of sp³-hybridized carbons (Fsp3) is 0.700. The van der Waals surface area contributed by atoms with Crippen molar-refractivity contribution in [2.75, 3.05) is 26.3 Å². The van der Waals surface area contributed by atoms with E-state index in [9.17, 15) is 22.8 Å². The molecule has 0 radical (unpaired) electrons. The van der Waals surface area contributed by atoms with E-state index in [4.69, 9.17) is 4.74 Å². The molecule has 1 saturated heterocycles. The van der Waals surface area contributed by atoms with Gasteiger partial charge >= 0.3 is 12.3 Å². The van der Waals surface area contributed by atoms with Crippen LogP contribution in [-0.4, -0.2) is 65.6 Å². The minimum absolute atomic E-state index is 0.0382. The summed E-state index contributed by atoms with van der Waals surface area (Å²) in [5, 5.41) is 2.66. The number of alkyl halides is 3. The second kappa shape index (κ2) is 9.72. The van der Waals surface area contributed by atoms with Crippen molar-refractivity contribution in [2.45, 2.75) is 64.4 Å². The molecule has 1 aliphatic heterocycles. The predicted molar refractivity (Wildman–Crippen MR) is 104 cm³/mol. The Hall–Kier alpha value is -2.23. The Balaban J connectivity index is 1.88. The number of halogens is 3. The van der Waals surface area contributed by atoms with Crippen LogP contribution in [0, 0.1) is 0 Å². The van der Waals surface area contributed by atoms with Gasteiger partial charge in [0.15, 0.2) is 0 Å². The van der Waals surface area contributed by atoms with Crippen LogP contribution in [0.1, 0.15) is 57.1 Å². The first-order valence-electron chi connectivity index (χ1n) is 9.96. The number of hydrogen-bond acceptors (Lipinski definition) is 4. The Morgan fingerprint density at radius 3 is 2.43 bits per heavy atom. The average molecular weight is 433 g/mol. The van der Waals surface area contributed by atoms with Crippen LogP contribution in [-0.2, 0) is 9.47 Å². The van der Waals surface area contributed by atoms with Crippen molar-refractivity contribution in [1.29, 1.82) is 0 Å². The van der Waals surface area contributed by atoms with Crippen LogP contribution in [0.25, 0.3) is 0 Å². The van der Waals surface area contributed by atoms with Crippen LogP contribution < -0.4 is 5.32 Å². The lowest BCUT2D eigenvalue weighted by atomic mass is 10.0. The van der Waals surface area contributed by atoms with Crippen molar-refractivity contribution in [3.63, 3.8) is 0 Å².